The fourth-order valence-corrected chi connectivity index (χ4v) is 4.13. The van der Waals surface area contributed by atoms with Gasteiger partial charge in [-0.25, -0.2) is 15.0 Å². The lowest BCUT2D eigenvalue weighted by atomic mass is 10.0. The molecule has 37 heavy (non-hydrogen) atoms. The second kappa shape index (κ2) is 12.2. The molecule has 0 spiro atoms. The molecule has 0 bridgehead atoms. The minimum Gasteiger partial charge on any atom is -0.494 e. The molecular weight excluding hydrogens is 472 g/mol. The highest BCUT2D eigenvalue weighted by Crippen LogP contribution is 2.39. The number of likely N-dealkylation sites (N-methyl/N-ethyl adjacent to an activating group) is 1. The van der Waals surface area contributed by atoms with Gasteiger partial charge in [-0.3, -0.25) is 9.63 Å². The fourth-order valence-electron chi connectivity index (χ4n) is 4.13. The predicted octanol–water partition coefficient (Wildman–Crippen LogP) is 4.32. The molecule has 2 N–H and O–H groups in total. The summed E-state index contributed by atoms with van der Waals surface area (Å²) in [7, 11) is 5.16. The largest absolute Gasteiger partial charge is 0.494 e. The van der Waals surface area contributed by atoms with Crippen LogP contribution in [0.3, 0.4) is 0 Å². The van der Waals surface area contributed by atoms with Crippen molar-refractivity contribution in [1.29, 1.82) is 0 Å². The van der Waals surface area contributed by atoms with Crippen molar-refractivity contribution in [3.8, 4) is 5.75 Å². The van der Waals surface area contributed by atoms with E-state index in [2.05, 4.69) is 39.3 Å². The quantitative estimate of drug-likeness (QED) is 0.370. The van der Waals surface area contributed by atoms with Gasteiger partial charge in [0, 0.05) is 39.3 Å². The average molecular weight is 505 g/mol. The Morgan fingerprint density at radius 2 is 2.03 bits per heavy atom. The standard InChI is InChI=1S/C27H32N6O4/c1-5-27(34)31-20-15-21(24(36-4)16-23(20)32(2)12-14-35-3)30-25-17-26(29-18-28-25)33-22(11-13-37-33)19-9-7-6-8-10-19/h5-10,15-18,22H,1,11-14H2,2-4H3,(H,31,34)(H,28,29,30)/t22-/m1/s1. The number of nitrogens with zero attached hydrogens (tertiary/aromatic N) is 4. The van der Waals surface area contributed by atoms with Crippen molar-refractivity contribution < 1.29 is 19.1 Å². The summed E-state index contributed by atoms with van der Waals surface area (Å²) in [6.45, 7) is 5.31. The number of nitrogens with one attached hydrogen (secondary N) is 2. The molecule has 2 aromatic carbocycles. The number of methoxy groups -OCH3 is 2. The topological polar surface area (TPSA) is 101 Å². The smallest absolute Gasteiger partial charge is 0.247 e. The Balaban J connectivity index is 1.64. The molecule has 3 aromatic rings. The molecule has 194 valence electrons. The lowest BCUT2D eigenvalue weighted by molar-refractivity contribution is -0.111. The first-order valence-corrected chi connectivity index (χ1v) is 12.0. The summed E-state index contributed by atoms with van der Waals surface area (Å²) >= 11 is 0. The van der Waals surface area contributed by atoms with Gasteiger partial charge in [0.15, 0.2) is 5.82 Å². The number of anilines is 5. The maximum Gasteiger partial charge on any atom is 0.247 e. The highest BCUT2D eigenvalue weighted by Gasteiger charge is 2.29. The summed E-state index contributed by atoms with van der Waals surface area (Å²) in [5, 5.41) is 8.01. The monoisotopic (exact) mass is 504 g/mol. The van der Waals surface area contributed by atoms with Crippen LogP contribution in [0.15, 0.2) is 67.5 Å². The molecule has 10 nitrogen and oxygen atoms in total. The van der Waals surface area contributed by atoms with Crippen LogP contribution in [0.5, 0.6) is 5.75 Å². The molecule has 1 aromatic heterocycles. The van der Waals surface area contributed by atoms with Crippen molar-refractivity contribution in [1.82, 2.24) is 9.97 Å². The maximum absolute atomic E-state index is 12.2. The van der Waals surface area contributed by atoms with E-state index in [1.54, 1.807) is 20.3 Å². The van der Waals surface area contributed by atoms with Crippen molar-refractivity contribution in [3.63, 3.8) is 0 Å². The van der Waals surface area contributed by atoms with Crippen molar-refractivity contribution in [2.75, 3.05) is 61.6 Å². The Morgan fingerprint density at radius 1 is 1.22 bits per heavy atom. The molecular formula is C27H32N6O4. The number of hydrogen-bond donors (Lipinski definition) is 2. The third-order valence-corrected chi connectivity index (χ3v) is 6.03. The Kier molecular flexibility index (Phi) is 8.55. The summed E-state index contributed by atoms with van der Waals surface area (Å²) in [6, 6.07) is 15.7. The van der Waals surface area contributed by atoms with Crippen LogP contribution in [0.2, 0.25) is 0 Å². The van der Waals surface area contributed by atoms with E-state index in [9.17, 15) is 4.79 Å². The molecule has 4 rings (SSSR count). The molecule has 0 aliphatic carbocycles. The van der Waals surface area contributed by atoms with E-state index in [-0.39, 0.29) is 11.9 Å². The zero-order valence-corrected chi connectivity index (χ0v) is 21.3. The lowest BCUT2D eigenvalue weighted by Gasteiger charge is -2.25. The van der Waals surface area contributed by atoms with Crippen LogP contribution in [-0.2, 0) is 14.4 Å². The van der Waals surface area contributed by atoms with Gasteiger partial charge in [0.25, 0.3) is 0 Å². The molecule has 0 saturated carbocycles. The van der Waals surface area contributed by atoms with Gasteiger partial charge in [-0.05, 0) is 17.7 Å². The van der Waals surface area contributed by atoms with Crippen LogP contribution in [0, 0.1) is 0 Å². The van der Waals surface area contributed by atoms with Gasteiger partial charge in [0.2, 0.25) is 5.91 Å². The average Bonchev–Trinajstić information content (AvgIpc) is 3.42. The van der Waals surface area contributed by atoms with E-state index in [1.807, 2.05) is 47.3 Å². The third-order valence-electron chi connectivity index (χ3n) is 6.03. The second-order valence-corrected chi connectivity index (χ2v) is 8.44. The second-order valence-electron chi connectivity index (χ2n) is 8.44. The van der Waals surface area contributed by atoms with E-state index in [0.717, 1.165) is 17.7 Å². The van der Waals surface area contributed by atoms with E-state index >= 15 is 0 Å². The minimum absolute atomic E-state index is 0.0566. The summed E-state index contributed by atoms with van der Waals surface area (Å²) in [5.74, 6) is 1.45. The lowest BCUT2D eigenvalue weighted by Crippen LogP contribution is -2.24. The van der Waals surface area contributed by atoms with E-state index in [1.165, 1.54) is 12.4 Å². The zero-order chi connectivity index (χ0) is 26.2. The van der Waals surface area contributed by atoms with Crippen molar-refractivity contribution in [2.45, 2.75) is 12.5 Å². The Bertz CT molecular complexity index is 1220. The van der Waals surface area contributed by atoms with E-state index in [4.69, 9.17) is 14.3 Å². The van der Waals surface area contributed by atoms with Gasteiger partial charge >= 0.3 is 0 Å². The van der Waals surface area contributed by atoms with Gasteiger partial charge in [-0.2, -0.15) is 0 Å². The highest BCUT2D eigenvalue weighted by molar-refractivity contribution is 6.02. The van der Waals surface area contributed by atoms with Crippen LogP contribution in [-0.4, -0.2) is 56.9 Å². The number of hydroxylamine groups is 1. The van der Waals surface area contributed by atoms with Crippen LogP contribution in [0.25, 0.3) is 0 Å². The number of carbonyl (C=O) groups is 1. The SMILES string of the molecule is C=CC(=O)Nc1cc(Nc2cc(N3OCC[C@@H]3c3ccccc3)ncn2)c(OC)cc1N(C)CCOC. The Hall–Kier alpha value is -4.15. The van der Waals surface area contributed by atoms with Crippen LogP contribution < -0.4 is 25.3 Å². The molecule has 2 heterocycles. The highest BCUT2D eigenvalue weighted by atomic mass is 16.7. The summed E-state index contributed by atoms with van der Waals surface area (Å²) in [4.78, 5) is 28.9. The van der Waals surface area contributed by atoms with Gasteiger partial charge < -0.3 is 25.0 Å². The number of amides is 1. The Morgan fingerprint density at radius 3 is 2.76 bits per heavy atom. The van der Waals surface area contributed by atoms with Gasteiger partial charge in [0.1, 0.15) is 17.9 Å². The number of ether oxygens (including phenoxy) is 2. The first-order valence-electron chi connectivity index (χ1n) is 12.0. The molecule has 10 heteroatoms. The normalized spacial score (nSPS) is 14.8. The fraction of sp³-hybridized carbons (Fsp3) is 0.296. The van der Waals surface area contributed by atoms with E-state index in [0.29, 0.717) is 48.5 Å². The first kappa shape index (κ1) is 25.9. The number of hydrogen-bond acceptors (Lipinski definition) is 9. The molecule has 1 atom stereocenters. The third kappa shape index (κ3) is 6.16. The number of carbonyl (C=O) groups excluding carboxylic acids is 1. The summed E-state index contributed by atoms with van der Waals surface area (Å²) in [6.07, 6.45) is 3.57. The van der Waals surface area contributed by atoms with E-state index < -0.39 is 0 Å². The van der Waals surface area contributed by atoms with Gasteiger partial charge in [-0.15, -0.1) is 0 Å². The molecule has 1 aliphatic heterocycles. The first-order chi connectivity index (χ1) is 18.0. The Labute approximate surface area is 216 Å². The zero-order valence-electron chi connectivity index (χ0n) is 21.3. The molecule has 1 aliphatic rings. The minimum atomic E-state index is -0.319. The molecule has 1 amide bonds. The number of benzene rings is 2. The molecule has 1 saturated heterocycles. The predicted molar refractivity (Wildman–Crippen MR) is 145 cm³/mol. The van der Waals surface area contributed by atoms with Gasteiger partial charge in [-0.1, -0.05) is 36.9 Å². The number of rotatable bonds is 11. The van der Waals surface area contributed by atoms with Gasteiger partial charge in [0.05, 0.1) is 43.4 Å². The number of aromatic nitrogens is 2. The molecule has 1 fully saturated rings. The van der Waals surface area contributed by atoms with Crippen LogP contribution in [0.1, 0.15) is 18.0 Å². The molecule has 0 radical (unpaired) electrons. The maximum atomic E-state index is 12.2. The van der Waals surface area contributed by atoms with Crippen LogP contribution >= 0.6 is 0 Å². The van der Waals surface area contributed by atoms with Crippen molar-refractivity contribution in [2.24, 2.45) is 0 Å². The van der Waals surface area contributed by atoms with Crippen LogP contribution in [0.4, 0.5) is 28.7 Å². The summed E-state index contributed by atoms with van der Waals surface area (Å²) < 4.78 is 10.9. The van der Waals surface area contributed by atoms with Crippen molar-refractivity contribution in [3.05, 3.63) is 73.1 Å². The van der Waals surface area contributed by atoms with Crippen molar-refractivity contribution >= 4 is 34.6 Å². The molecule has 0 unspecified atom stereocenters. The summed E-state index contributed by atoms with van der Waals surface area (Å²) in [5.41, 5.74) is 3.14.